The number of hydrogen-bond acceptors (Lipinski definition) is 2. The van der Waals surface area contributed by atoms with Crippen LogP contribution in [0.2, 0.25) is 0 Å². The van der Waals surface area contributed by atoms with Gasteiger partial charge in [0.05, 0.1) is 12.7 Å². The fourth-order valence-electron chi connectivity index (χ4n) is 0.878. The van der Waals surface area contributed by atoms with Crippen molar-refractivity contribution in [3.8, 4) is 0 Å². The standard InChI is InChI=1S/C9H18O2/c1-3-4-5-9(11)6-8(2)7-10/h6,9-11H,3-5,7H2,1-2H3/b8-6+. The molecule has 0 aromatic heterocycles. The van der Waals surface area contributed by atoms with Gasteiger partial charge in [-0.05, 0) is 18.9 Å². The lowest BCUT2D eigenvalue weighted by molar-refractivity contribution is 0.206. The zero-order valence-electron chi connectivity index (χ0n) is 7.38. The van der Waals surface area contributed by atoms with Crippen LogP contribution in [0.4, 0.5) is 0 Å². The van der Waals surface area contributed by atoms with Crippen molar-refractivity contribution in [1.82, 2.24) is 0 Å². The molecule has 2 heteroatoms. The largest absolute Gasteiger partial charge is 0.392 e. The Morgan fingerprint density at radius 2 is 2.18 bits per heavy atom. The maximum Gasteiger partial charge on any atom is 0.0724 e. The first-order chi connectivity index (χ1) is 5.20. The van der Waals surface area contributed by atoms with E-state index >= 15 is 0 Å². The minimum absolute atomic E-state index is 0.0448. The Morgan fingerprint density at radius 3 is 2.64 bits per heavy atom. The molecule has 0 amide bonds. The third-order valence-corrected chi connectivity index (χ3v) is 1.58. The second kappa shape index (κ2) is 6.38. The van der Waals surface area contributed by atoms with E-state index in [1.165, 1.54) is 0 Å². The number of aliphatic hydroxyl groups is 2. The Kier molecular flexibility index (Phi) is 6.18. The summed E-state index contributed by atoms with van der Waals surface area (Å²) < 4.78 is 0. The number of hydrogen-bond donors (Lipinski definition) is 2. The summed E-state index contributed by atoms with van der Waals surface area (Å²) in [5.41, 5.74) is 0.841. The first-order valence-electron chi connectivity index (χ1n) is 4.17. The van der Waals surface area contributed by atoms with Crippen LogP contribution in [0.1, 0.15) is 33.1 Å². The Bertz CT molecular complexity index is 119. The third kappa shape index (κ3) is 6.07. The predicted molar refractivity (Wildman–Crippen MR) is 46.4 cm³/mol. The molecule has 0 radical (unpaired) electrons. The van der Waals surface area contributed by atoms with Crippen LogP contribution in [0.25, 0.3) is 0 Å². The summed E-state index contributed by atoms with van der Waals surface area (Å²) in [7, 11) is 0. The first kappa shape index (κ1) is 10.7. The van der Waals surface area contributed by atoms with Crippen LogP contribution in [0.15, 0.2) is 11.6 Å². The average Bonchev–Trinajstić information content (AvgIpc) is 2.00. The molecule has 0 saturated carbocycles. The molecule has 0 bridgehead atoms. The molecule has 0 aromatic rings. The molecule has 0 heterocycles. The smallest absolute Gasteiger partial charge is 0.0724 e. The molecule has 0 fully saturated rings. The van der Waals surface area contributed by atoms with E-state index < -0.39 is 0 Å². The van der Waals surface area contributed by atoms with E-state index in [-0.39, 0.29) is 12.7 Å². The van der Waals surface area contributed by atoms with E-state index in [1.807, 2.05) is 6.92 Å². The van der Waals surface area contributed by atoms with Gasteiger partial charge in [0.2, 0.25) is 0 Å². The lowest BCUT2D eigenvalue weighted by Gasteiger charge is -2.04. The van der Waals surface area contributed by atoms with E-state index in [4.69, 9.17) is 5.11 Å². The second-order valence-corrected chi connectivity index (χ2v) is 2.88. The summed E-state index contributed by atoms with van der Waals surface area (Å²) in [4.78, 5) is 0. The quantitative estimate of drug-likeness (QED) is 0.595. The van der Waals surface area contributed by atoms with Gasteiger partial charge in [0.15, 0.2) is 0 Å². The van der Waals surface area contributed by atoms with Gasteiger partial charge in [-0.3, -0.25) is 0 Å². The molecular formula is C9H18O2. The minimum Gasteiger partial charge on any atom is -0.392 e. The van der Waals surface area contributed by atoms with Crippen molar-refractivity contribution in [2.75, 3.05) is 6.61 Å². The Morgan fingerprint density at radius 1 is 1.55 bits per heavy atom. The van der Waals surface area contributed by atoms with Gasteiger partial charge in [0, 0.05) is 0 Å². The molecule has 0 saturated heterocycles. The number of aliphatic hydroxyl groups excluding tert-OH is 2. The number of rotatable bonds is 5. The summed E-state index contributed by atoms with van der Waals surface area (Å²) in [5, 5.41) is 17.9. The van der Waals surface area contributed by atoms with Gasteiger partial charge >= 0.3 is 0 Å². The van der Waals surface area contributed by atoms with Crippen LogP contribution in [0, 0.1) is 0 Å². The van der Waals surface area contributed by atoms with Crippen LogP contribution < -0.4 is 0 Å². The molecule has 2 nitrogen and oxygen atoms in total. The molecule has 0 rings (SSSR count). The fraction of sp³-hybridized carbons (Fsp3) is 0.778. The molecular weight excluding hydrogens is 140 g/mol. The fourth-order valence-corrected chi connectivity index (χ4v) is 0.878. The van der Waals surface area contributed by atoms with E-state index in [0.29, 0.717) is 0 Å². The van der Waals surface area contributed by atoms with Gasteiger partial charge in [-0.15, -0.1) is 0 Å². The number of unbranched alkanes of at least 4 members (excludes halogenated alkanes) is 1. The highest BCUT2D eigenvalue weighted by atomic mass is 16.3. The van der Waals surface area contributed by atoms with E-state index in [0.717, 1.165) is 24.8 Å². The first-order valence-corrected chi connectivity index (χ1v) is 4.17. The van der Waals surface area contributed by atoms with Gasteiger partial charge < -0.3 is 10.2 Å². The maximum absolute atomic E-state index is 9.29. The molecule has 1 atom stereocenters. The van der Waals surface area contributed by atoms with Crippen LogP contribution in [-0.2, 0) is 0 Å². The molecule has 2 N–H and O–H groups in total. The second-order valence-electron chi connectivity index (χ2n) is 2.88. The van der Waals surface area contributed by atoms with Crippen LogP contribution in [0.3, 0.4) is 0 Å². The van der Waals surface area contributed by atoms with Crippen molar-refractivity contribution < 1.29 is 10.2 Å². The summed E-state index contributed by atoms with van der Waals surface area (Å²) in [6, 6.07) is 0. The lowest BCUT2D eigenvalue weighted by Crippen LogP contribution is -2.03. The summed E-state index contributed by atoms with van der Waals surface area (Å²) in [6.07, 6.45) is 4.28. The minimum atomic E-state index is -0.373. The topological polar surface area (TPSA) is 40.5 Å². The van der Waals surface area contributed by atoms with Crippen LogP contribution in [0.5, 0.6) is 0 Å². The highest BCUT2D eigenvalue weighted by molar-refractivity contribution is 5.01. The van der Waals surface area contributed by atoms with Crippen molar-refractivity contribution in [2.24, 2.45) is 0 Å². The molecule has 11 heavy (non-hydrogen) atoms. The van der Waals surface area contributed by atoms with Gasteiger partial charge in [-0.2, -0.15) is 0 Å². The SMILES string of the molecule is CCCCC(O)/C=C(\C)CO. The van der Waals surface area contributed by atoms with Gasteiger partial charge in [-0.25, -0.2) is 0 Å². The molecule has 66 valence electrons. The molecule has 1 unspecified atom stereocenters. The average molecular weight is 158 g/mol. The summed E-state index contributed by atoms with van der Waals surface area (Å²) in [5.74, 6) is 0. The van der Waals surface area contributed by atoms with Crippen molar-refractivity contribution >= 4 is 0 Å². The van der Waals surface area contributed by atoms with Crippen molar-refractivity contribution in [1.29, 1.82) is 0 Å². The lowest BCUT2D eigenvalue weighted by atomic mass is 10.1. The molecule has 0 aliphatic heterocycles. The predicted octanol–water partition coefficient (Wildman–Crippen LogP) is 1.48. The highest BCUT2D eigenvalue weighted by Gasteiger charge is 1.98. The highest BCUT2D eigenvalue weighted by Crippen LogP contribution is 2.03. The van der Waals surface area contributed by atoms with Crippen molar-refractivity contribution in [2.45, 2.75) is 39.2 Å². The monoisotopic (exact) mass is 158 g/mol. The molecule has 0 aliphatic carbocycles. The summed E-state index contributed by atoms with van der Waals surface area (Å²) in [6.45, 7) is 3.95. The Labute approximate surface area is 68.6 Å². The zero-order chi connectivity index (χ0) is 8.69. The third-order valence-electron chi connectivity index (χ3n) is 1.58. The van der Waals surface area contributed by atoms with Crippen molar-refractivity contribution in [3.63, 3.8) is 0 Å². The zero-order valence-corrected chi connectivity index (χ0v) is 7.38. The van der Waals surface area contributed by atoms with Gasteiger partial charge in [0.25, 0.3) is 0 Å². The summed E-state index contributed by atoms with van der Waals surface area (Å²) >= 11 is 0. The molecule has 0 aliphatic rings. The Balaban J connectivity index is 3.57. The van der Waals surface area contributed by atoms with Crippen LogP contribution in [-0.4, -0.2) is 22.9 Å². The van der Waals surface area contributed by atoms with Gasteiger partial charge in [-0.1, -0.05) is 25.8 Å². The van der Waals surface area contributed by atoms with E-state index in [9.17, 15) is 5.11 Å². The van der Waals surface area contributed by atoms with E-state index in [1.54, 1.807) is 6.08 Å². The Hall–Kier alpha value is -0.340. The maximum atomic E-state index is 9.29. The van der Waals surface area contributed by atoms with Gasteiger partial charge in [0.1, 0.15) is 0 Å². The molecule has 0 spiro atoms. The van der Waals surface area contributed by atoms with E-state index in [2.05, 4.69) is 6.92 Å². The van der Waals surface area contributed by atoms with Crippen LogP contribution >= 0.6 is 0 Å². The normalized spacial score (nSPS) is 15.1. The van der Waals surface area contributed by atoms with Crippen molar-refractivity contribution in [3.05, 3.63) is 11.6 Å². The molecule has 0 aromatic carbocycles.